The average Bonchev–Trinajstić information content (AvgIpc) is 2.88. The molecule has 2 aromatic rings. The van der Waals surface area contributed by atoms with Crippen LogP contribution in [-0.2, 0) is 0 Å². The Morgan fingerprint density at radius 1 is 1.00 bits per heavy atom. The Kier molecular flexibility index (Phi) is 6.01. The Bertz CT molecular complexity index is 685. The van der Waals surface area contributed by atoms with Gasteiger partial charge < -0.3 is 10.1 Å². The van der Waals surface area contributed by atoms with Crippen LogP contribution < -0.4 is 10.1 Å². The molecule has 5 heteroatoms. The van der Waals surface area contributed by atoms with E-state index in [1.807, 2.05) is 24.3 Å². The van der Waals surface area contributed by atoms with Crippen molar-refractivity contribution in [2.75, 3.05) is 33.3 Å². The Morgan fingerprint density at radius 3 is 2.62 bits per heavy atom. The van der Waals surface area contributed by atoms with Gasteiger partial charge in [-0.2, -0.15) is 0 Å². The first-order valence-corrected chi connectivity index (χ1v) is 8.98. The van der Waals surface area contributed by atoms with Crippen LogP contribution in [0.4, 0.5) is 0 Å². The molecule has 3 rings (SSSR count). The Balaban J connectivity index is 2.03. The van der Waals surface area contributed by atoms with Crippen molar-refractivity contribution in [1.29, 1.82) is 0 Å². The van der Waals surface area contributed by atoms with Crippen LogP contribution in [0.5, 0.6) is 5.75 Å². The minimum Gasteiger partial charge on any atom is -0.497 e. The van der Waals surface area contributed by atoms with E-state index in [0.29, 0.717) is 10.0 Å². The highest BCUT2D eigenvalue weighted by molar-refractivity contribution is 6.42. The lowest BCUT2D eigenvalue weighted by Gasteiger charge is -2.31. The van der Waals surface area contributed by atoms with Gasteiger partial charge in [-0.15, -0.1) is 0 Å². The Hall–Kier alpha value is -1.26. The Morgan fingerprint density at radius 2 is 1.83 bits per heavy atom. The molecule has 1 atom stereocenters. The highest BCUT2D eigenvalue weighted by atomic mass is 35.5. The number of nitrogens with zero attached hydrogens (tertiary/aromatic N) is 1. The maximum Gasteiger partial charge on any atom is 0.119 e. The van der Waals surface area contributed by atoms with Crippen molar-refractivity contribution >= 4 is 23.2 Å². The third kappa shape index (κ3) is 4.04. The summed E-state index contributed by atoms with van der Waals surface area (Å²) in [5.41, 5.74) is 2.36. The minimum atomic E-state index is 0.134. The number of ether oxygens (including phenoxy) is 1. The van der Waals surface area contributed by atoms with E-state index in [1.54, 1.807) is 7.11 Å². The van der Waals surface area contributed by atoms with Gasteiger partial charge in [-0.05, 0) is 48.4 Å². The van der Waals surface area contributed by atoms with E-state index < -0.39 is 0 Å². The summed E-state index contributed by atoms with van der Waals surface area (Å²) in [6.45, 7) is 4.07. The highest BCUT2D eigenvalue weighted by Gasteiger charge is 2.24. The number of hydrogen-bond acceptors (Lipinski definition) is 3. The standard InChI is InChI=1S/C19H22Cl2N2O/c1-24-16-5-2-4-14(12-16)19(23-10-3-8-22-9-11-23)15-6-7-17(20)18(21)13-15/h2,4-7,12-13,19,22H,3,8-11H2,1H3. The van der Waals surface area contributed by atoms with E-state index >= 15 is 0 Å². The van der Waals surface area contributed by atoms with Gasteiger partial charge in [-0.1, -0.05) is 41.4 Å². The van der Waals surface area contributed by atoms with Crippen molar-refractivity contribution in [1.82, 2.24) is 10.2 Å². The monoisotopic (exact) mass is 364 g/mol. The molecular formula is C19H22Cl2N2O. The van der Waals surface area contributed by atoms with Crippen LogP contribution in [0.2, 0.25) is 10.0 Å². The van der Waals surface area contributed by atoms with E-state index in [2.05, 4.69) is 28.4 Å². The lowest BCUT2D eigenvalue weighted by atomic mass is 9.96. The highest BCUT2D eigenvalue weighted by Crippen LogP contribution is 2.34. The van der Waals surface area contributed by atoms with Crippen molar-refractivity contribution in [3.63, 3.8) is 0 Å². The molecule has 0 amide bonds. The van der Waals surface area contributed by atoms with E-state index in [9.17, 15) is 0 Å². The third-order valence-electron chi connectivity index (χ3n) is 4.41. The zero-order valence-corrected chi connectivity index (χ0v) is 15.3. The number of hydrogen-bond donors (Lipinski definition) is 1. The molecular weight excluding hydrogens is 343 g/mol. The number of methoxy groups -OCH3 is 1. The van der Waals surface area contributed by atoms with Crippen molar-refractivity contribution in [3.05, 3.63) is 63.6 Å². The Labute approximate surface area is 153 Å². The van der Waals surface area contributed by atoms with Gasteiger partial charge in [-0.25, -0.2) is 0 Å². The molecule has 2 aromatic carbocycles. The number of halogens is 2. The lowest BCUT2D eigenvalue weighted by molar-refractivity contribution is 0.240. The maximum atomic E-state index is 6.29. The van der Waals surface area contributed by atoms with Crippen LogP contribution in [0, 0.1) is 0 Å². The van der Waals surface area contributed by atoms with Crippen LogP contribution >= 0.6 is 23.2 Å². The molecule has 3 nitrogen and oxygen atoms in total. The van der Waals surface area contributed by atoms with Crippen LogP contribution in [0.15, 0.2) is 42.5 Å². The van der Waals surface area contributed by atoms with Gasteiger partial charge in [0.2, 0.25) is 0 Å². The van der Waals surface area contributed by atoms with E-state index in [0.717, 1.165) is 43.9 Å². The van der Waals surface area contributed by atoms with Crippen LogP contribution in [-0.4, -0.2) is 38.2 Å². The van der Waals surface area contributed by atoms with Crippen molar-refractivity contribution in [2.24, 2.45) is 0 Å². The van der Waals surface area contributed by atoms with Gasteiger partial charge in [0.15, 0.2) is 0 Å². The number of benzene rings is 2. The quantitative estimate of drug-likeness (QED) is 0.870. The SMILES string of the molecule is COc1cccc(C(c2ccc(Cl)c(Cl)c2)N2CCCNCC2)c1. The normalized spacial score (nSPS) is 17.3. The first-order chi connectivity index (χ1) is 11.7. The summed E-state index contributed by atoms with van der Waals surface area (Å²) >= 11 is 12.4. The molecule has 1 N–H and O–H groups in total. The molecule has 1 aliphatic rings. The summed E-state index contributed by atoms with van der Waals surface area (Å²) in [6.07, 6.45) is 1.13. The van der Waals surface area contributed by atoms with Crippen LogP contribution in [0.3, 0.4) is 0 Å². The van der Waals surface area contributed by atoms with Gasteiger partial charge in [0.25, 0.3) is 0 Å². The molecule has 24 heavy (non-hydrogen) atoms. The summed E-state index contributed by atoms with van der Waals surface area (Å²) in [5.74, 6) is 0.866. The molecule has 0 aliphatic carbocycles. The largest absolute Gasteiger partial charge is 0.497 e. The van der Waals surface area contributed by atoms with Gasteiger partial charge in [-0.3, -0.25) is 4.90 Å². The zero-order chi connectivity index (χ0) is 16.9. The van der Waals surface area contributed by atoms with Crippen molar-refractivity contribution < 1.29 is 4.74 Å². The second kappa shape index (κ2) is 8.21. The lowest BCUT2D eigenvalue weighted by Crippen LogP contribution is -2.33. The first kappa shape index (κ1) is 17.6. The van der Waals surface area contributed by atoms with Crippen LogP contribution in [0.1, 0.15) is 23.6 Å². The summed E-state index contributed by atoms with van der Waals surface area (Å²) in [6, 6.07) is 14.3. The molecule has 0 saturated carbocycles. The minimum absolute atomic E-state index is 0.134. The summed E-state index contributed by atoms with van der Waals surface area (Å²) in [5, 5.41) is 4.64. The fraction of sp³-hybridized carbons (Fsp3) is 0.368. The van der Waals surface area contributed by atoms with E-state index in [4.69, 9.17) is 27.9 Å². The second-order valence-electron chi connectivity index (χ2n) is 5.99. The molecule has 0 radical (unpaired) electrons. The summed E-state index contributed by atoms with van der Waals surface area (Å²) in [4.78, 5) is 2.49. The predicted octanol–water partition coefficient (Wildman–Crippen LogP) is 4.39. The number of nitrogens with one attached hydrogen (secondary N) is 1. The first-order valence-electron chi connectivity index (χ1n) is 8.22. The van der Waals surface area contributed by atoms with Gasteiger partial charge in [0.05, 0.1) is 23.2 Å². The van der Waals surface area contributed by atoms with Crippen molar-refractivity contribution in [3.8, 4) is 5.75 Å². The van der Waals surface area contributed by atoms with Gasteiger partial charge >= 0.3 is 0 Å². The molecule has 0 aromatic heterocycles. The maximum absolute atomic E-state index is 6.29. The fourth-order valence-electron chi connectivity index (χ4n) is 3.23. The zero-order valence-electron chi connectivity index (χ0n) is 13.8. The molecule has 1 saturated heterocycles. The van der Waals surface area contributed by atoms with Crippen LogP contribution in [0.25, 0.3) is 0 Å². The molecule has 128 valence electrons. The molecule has 1 fully saturated rings. The smallest absolute Gasteiger partial charge is 0.119 e. The average molecular weight is 365 g/mol. The molecule has 0 bridgehead atoms. The van der Waals surface area contributed by atoms with Gasteiger partial charge in [0, 0.05) is 19.6 Å². The summed E-state index contributed by atoms with van der Waals surface area (Å²) in [7, 11) is 1.70. The fourth-order valence-corrected chi connectivity index (χ4v) is 3.54. The van der Waals surface area contributed by atoms with E-state index in [1.165, 1.54) is 5.56 Å². The molecule has 1 heterocycles. The van der Waals surface area contributed by atoms with Crippen molar-refractivity contribution in [2.45, 2.75) is 12.5 Å². The van der Waals surface area contributed by atoms with E-state index in [-0.39, 0.29) is 6.04 Å². The third-order valence-corrected chi connectivity index (χ3v) is 5.15. The second-order valence-corrected chi connectivity index (χ2v) is 6.81. The molecule has 1 aliphatic heterocycles. The topological polar surface area (TPSA) is 24.5 Å². The van der Waals surface area contributed by atoms with Gasteiger partial charge in [0.1, 0.15) is 5.75 Å². The predicted molar refractivity (Wildman–Crippen MR) is 100 cm³/mol. The number of rotatable bonds is 4. The molecule has 0 spiro atoms. The summed E-state index contributed by atoms with van der Waals surface area (Å²) < 4.78 is 5.42. The molecule has 1 unspecified atom stereocenters.